The number of nitrogens with zero attached hydrogens (tertiary/aromatic N) is 1. The molecule has 0 bridgehead atoms. The molecule has 92 heavy (non-hydrogen) atoms. The summed E-state index contributed by atoms with van der Waals surface area (Å²) in [6.45, 7) is 1.76. The number of carbonyl (C=O) groups excluding carboxylic acids is 12. The van der Waals surface area contributed by atoms with Gasteiger partial charge in [-0.2, -0.15) is 0 Å². The fourth-order valence-corrected chi connectivity index (χ4v) is 9.01. The number of nitrogens with two attached hydrogens (primary N) is 1. The number of amides is 13. The third kappa shape index (κ3) is 27.2. The molecule has 494 valence electrons. The molecule has 4 aromatic carbocycles. The number of rotatable bonds is 38. The van der Waals surface area contributed by atoms with Crippen molar-refractivity contribution in [3.05, 3.63) is 150 Å². The maximum Gasteiger partial charge on any atom is 0.408 e. The van der Waals surface area contributed by atoms with E-state index in [0.717, 1.165) is 4.90 Å². The van der Waals surface area contributed by atoms with Gasteiger partial charge in [0.1, 0.15) is 50.0 Å². The van der Waals surface area contributed by atoms with Crippen LogP contribution in [0.15, 0.2) is 127 Å². The number of aliphatic hydroxyl groups excluding tert-OH is 1. The molecule has 0 saturated heterocycles. The van der Waals surface area contributed by atoms with Crippen LogP contribution in [0.4, 0.5) is 24.9 Å². The highest BCUT2D eigenvalue weighted by Crippen LogP contribution is 2.14. The summed E-state index contributed by atoms with van der Waals surface area (Å²) in [5.74, 6) is -5.77. The molecule has 1 heterocycles. The van der Waals surface area contributed by atoms with Crippen molar-refractivity contribution in [2.45, 2.75) is 128 Å². The minimum absolute atomic E-state index is 0.0292. The Labute approximate surface area is 532 Å². The molecule has 13 N–H and O–H groups in total. The van der Waals surface area contributed by atoms with E-state index < -0.39 is 121 Å². The van der Waals surface area contributed by atoms with Crippen LogP contribution in [-0.4, -0.2) is 145 Å². The SMILES string of the molecule is CC(C)[C@H](NC(=O)[C@H](CCCCNC(=O)C(CNC(=O)C(CNC(=O)OCc1ccccc1)NC(=O)OCc1ccccc1)NC(=O)OCc1ccccc1)NC(=O)CCCCCN1C(=O)C=CC1=O)C(=O)N[C@@H](CCCNC(N)=O)C(=O)Nc1ccc(CO)cc1. The van der Waals surface area contributed by atoms with E-state index >= 15 is 0 Å². The van der Waals surface area contributed by atoms with Crippen LogP contribution >= 0.6 is 0 Å². The van der Waals surface area contributed by atoms with Gasteiger partial charge in [-0.3, -0.25) is 43.3 Å². The molecule has 1 aliphatic heterocycles. The van der Waals surface area contributed by atoms with Gasteiger partial charge in [0.25, 0.3) is 11.8 Å². The van der Waals surface area contributed by atoms with Crippen LogP contribution in [0.1, 0.15) is 93.9 Å². The first-order valence-electron chi connectivity index (χ1n) is 30.2. The van der Waals surface area contributed by atoms with E-state index in [1.807, 2.05) is 0 Å². The summed E-state index contributed by atoms with van der Waals surface area (Å²) in [5, 5.41) is 35.4. The average molecular weight is 1280 g/mol. The number of hydrogen-bond acceptors (Lipinski definition) is 16. The van der Waals surface area contributed by atoms with Crippen molar-refractivity contribution in [1.29, 1.82) is 0 Å². The van der Waals surface area contributed by atoms with Crippen molar-refractivity contribution in [3.63, 3.8) is 0 Å². The number of primary amides is 1. The Bertz CT molecular complexity index is 3100. The first kappa shape index (κ1) is 72.4. The Morgan fingerprint density at radius 3 is 1.50 bits per heavy atom. The summed E-state index contributed by atoms with van der Waals surface area (Å²) in [7, 11) is 0. The normalized spacial score (nSPS) is 13.2. The number of alkyl carbamates (subject to hydrolysis) is 3. The zero-order valence-corrected chi connectivity index (χ0v) is 51.4. The summed E-state index contributed by atoms with van der Waals surface area (Å²) in [6, 6.07) is 25.0. The van der Waals surface area contributed by atoms with Gasteiger partial charge in [-0.1, -0.05) is 123 Å². The maximum absolute atomic E-state index is 14.3. The average Bonchev–Trinajstić information content (AvgIpc) is 3.48. The monoisotopic (exact) mass is 1270 g/mol. The van der Waals surface area contributed by atoms with Gasteiger partial charge in [0.05, 0.1) is 13.2 Å². The molecule has 0 radical (unpaired) electrons. The second-order valence-corrected chi connectivity index (χ2v) is 21.7. The minimum atomic E-state index is -1.50. The zero-order valence-electron chi connectivity index (χ0n) is 51.4. The van der Waals surface area contributed by atoms with Crippen LogP contribution in [0.2, 0.25) is 0 Å². The molecule has 2 unspecified atom stereocenters. The summed E-state index contributed by atoms with van der Waals surface area (Å²) in [5.41, 5.74) is 8.16. The van der Waals surface area contributed by atoms with Crippen LogP contribution in [0.5, 0.6) is 0 Å². The van der Waals surface area contributed by atoms with E-state index in [9.17, 15) is 62.6 Å². The standard InChI is InChI=1S/C64H82N12O16/c1-42(2)55(60(85)72-49(25-17-34-67-61(65)86)58(83)70-47-29-27-43(38-77)28-30-47)75-59(84)48(71-52(78)26-13-6-16-35-76-53(79)31-32-54(76)80)24-14-15-33-66-56(81)50(73-63(88)91-40-45-20-9-4-10-21-45)36-68-57(82)51(74-64(89)92-41-46-22-11-5-12-23-46)37-69-62(87)90-39-44-18-7-3-8-19-44/h3-5,7-12,18-23,27-32,42,48-51,55,77H,6,13-17,24-26,33-41H2,1-2H3,(H,66,81)(H,68,82)(H,69,87)(H,70,83)(H,71,78)(H,72,85)(H,73,88)(H,74,89)(H,75,84)(H3,65,67,86)/t48-,49-,50?,51?,55-/m0/s1. The van der Waals surface area contributed by atoms with Gasteiger partial charge in [-0.15, -0.1) is 0 Å². The van der Waals surface area contributed by atoms with E-state index in [2.05, 4.69) is 53.2 Å². The van der Waals surface area contributed by atoms with Crippen molar-refractivity contribution in [2.75, 3.05) is 38.0 Å². The summed E-state index contributed by atoms with van der Waals surface area (Å²) in [4.78, 5) is 159. The van der Waals surface area contributed by atoms with Crippen LogP contribution < -0.4 is 58.9 Å². The lowest BCUT2D eigenvalue weighted by atomic mass is 10.0. The summed E-state index contributed by atoms with van der Waals surface area (Å²) in [6.07, 6.45) is 1.09. The number of unbranched alkanes of at least 4 members (excludes halogenated alkanes) is 3. The second-order valence-electron chi connectivity index (χ2n) is 21.7. The minimum Gasteiger partial charge on any atom is -0.445 e. The zero-order chi connectivity index (χ0) is 66.6. The first-order valence-corrected chi connectivity index (χ1v) is 30.2. The Hall–Kier alpha value is -10.4. The van der Waals surface area contributed by atoms with Crippen LogP contribution in [-0.2, 0) is 79.0 Å². The molecule has 0 aliphatic carbocycles. The molecule has 28 heteroatoms. The largest absolute Gasteiger partial charge is 0.445 e. The molecule has 0 fully saturated rings. The van der Waals surface area contributed by atoms with Gasteiger partial charge >= 0.3 is 24.3 Å². The molecule has 0 saturated carbocycles. The van der Waals surface area contributed by atoms with E-state index in [4.69, 9.17) is 19.9 Å². The Morgan fingerprint density at radius 1 is 0.467 bits per heavy atom. The number of urea groups is 1. The van der Waals surface area contributed by atoms with Gasteiger partial charge in [-0.05, 0) is 85.3 Å². The van der Waals surface area contributed by atoms with Gasteiger partial charge in [0.15, 0.2) is 0 Å². The quantitative estimate of drug-likeness (QED) is 0.0174. The fraction of sp³-hybridized carbons (Fsp3) is 0.406. The van der Waals surface area contributed by atoms with E-state index in [1.54, 1.807) is 129 Å². The fourth-order valence-electron chi connectivity index (χ4n) is 9.01. The number of nitrogens with one attached hydrogen (secondary N) is 10. The van der Waals surface area contributed by atoms with Gasteiger partial charge in [0, 0.05) is 50.4 Å². The maximum atomic E-state index is 14.3. The van der Waals surface area contributed by atoms with E-state index in [0.29, 0.717) is 47.2 Å². The third-order valence-electron chi connectivity index (χ3n) is 14.1. The lowest BCUT2D eigenvalue weighted by Gasteiger charge is -2.27. The van der Waals surface area contributed by atoms with Gasteiger partial charge in [-0.25, -0.2) is 19.2 Å². The number of aliphatic hydroxyl groups is 1. The van der Waals surface area contributed by atoms with Crippen molar-refractivity contribution in [2.24, 2.45) is 11.7 Å². The van der Waals surface area contributed by atoms with Crippen molar-refractivity contribution in [1.82, 2.24) is 52.8 Å². The van der Waals surface area contributed by atoms with Crippen LogP contribution in [0.3, 0.4) is 0 Å². The van der Waals surface area contributed by atoms with Crippen molar-refractivity contribution >= 4 is 77.3 Å². The Morgan fingerprint density at radius 2 is 0.967 bits per heavy atom. The van der Waals surface area contributed by atoms with Crippen LogP contribution in [0, 0.1) is 5.92 Å². The predicted molar refractivity (Wildman–Crippen MR) is 334 cm³/mol. The smallest absolute Gasteiger partial charge is 0.408 e. The molecule has 0 aromatic heterocycles. The Kier molecular flexibility index (Phi) is 31.1. The highest BCUT2D eigenvalue weighted by molar-refractivity contribution is 6.12. The van der Waals surface area contributed by atoms with E-state index in [-0.39, 0.29) is 84.6 Å². The third-order valence-corrected chi connectivity index (χ3v) is 14.1. The number of anilines is 1. The lowest BCUT2D eigenvalue weighted by Crippen LogP contribution is -2.58. The topological polar surface area (TPSA) is 402 Å². The predicted octanol–water partition coefficient (Wildman–Crippen LogP) is 3.08. The van der Waals surface area contributed by atoms with E-state index in [1.165, 1.54) is 12.2 Å². The summed E-state index contributed by atoms with van der Waals surface area (Å²) < 4.78 is 16.0. The second kappa shape index (κ2) is 39.6. The number of hydrogen-bond donors (Lipinski definition) is 12. The molecule has 1 aliphatic rings. The molecular formula is C64H82N12O16. The van der Waals surface area contributed by atoms with Gasteiger partial charge in [0.2, 0.25) is 35.4 Å². The Balaban J connectivity index is 1.26. The lowest BCUT2D eigenvalue weighted by molar-refractivity contribution is -0.137. The van der Waals surface area contributed by atoms with Gasteiger partial charge < -0.3 is 78.2 Å². The number of carbonyl (C=O) groups is 12. The molecule has 5 atom stereocenters. The highest BCUT2D eigenvalue weighted by Gasteiger charge is 2.33. The molecule has 4 aromatic rings. The first-order chi connectivity index (χ1) is 44.3. The number of benzene rings is 4. The van der Waals surface area contributed by atoms with Crippen molar-refractivity contribution < 1.29 is 76.9 Å². The van der Waals surface area contributed by atoms with Crippen molar-refractivity contribution in [3.8, 4) is 0 Å². The summed E-state index contributed by atoms with van der Waals surface area (Å²) >= 11 is 0. The molecule has 5 rings (SSSR count). The number of ether oxygens (including phenoxy) is 3. The highest BCUT2D eigenvalue weighted by atomic mass is 16.6. The molecule has 28 nitrogen and oxygen atoms in total. The molecule has 0 spiro atoms. The molecular weight excluding hydrogens is 1190 g/mol. The molecule has 13 amide bonds. The van der Waals surface area contributed by atoms with Crippen LogP contribution in [0.25, 0.3) is 0 Å². The number of imide groups is 1.